The molecule has 0 unspecified atom stereocenters. The third kappa shape index (κ3) is 2.64. The minimum absolute atomic E-state index is 0.0179. The maximum Gasteiger partial charge on any atom is 0.201 e. The van der Waals surface area contributed by atoms with Crippen LogP contribution in [0, 0.1) is 11.6 Å². The van der Waals surface area contributed by atoms with E-state index in [1.807, 2.05) is 20.8 Å². The van der Waals surface area contributed by atoms with Gasteiger partial charge >= 0.3 is 0 Å². The van der Waals surface area contributed by atoms with Gasteiger partial charge in [0.1, 0.15) is 5.76 Å². The summed E-state index contributed by atoms with van der Waals surface area (Å²) in [6.07, 6.45) is 0. The lowest BCUT2D eigenvalue weighted by Gasteiger charge is -2.19. The first-order valence-corrected chi connectivity index (χ1v) is 5.48. The van der Waals surface area contributed by atoms with Crippen LogP contribution in [0.2, 0.25) is 0 Å². The third-order valence-corrected chi connectivity index (χ3v) is 2.42. The zero-order valence-electron chi connectivity index (χ0n) is 10.1. The number of furan rings is 1. The van der Waals surface area contributed by atoms with Crippen LogP contribution >= 0.6 is 0 Å². The number of benzene rings is 1. The van der Waals surface area contributed by atoms with Crippen molar-refractivity contribution in [2.75, 3.05) is 0 Å². The van der Waals surface area contributed by atoms with Gasteiger partial charge in [-0.2, -0.15) is 4.39 Å². The summed E-state index contributed by atoms with van der Waals surface area (Å²) in [7, 11) is 0. The average molecular weight is 239 g/mol. The molecule has 4 heteroatoms. The van der Waals surface area contributed by atoms with E-state index in [-0.39, 0.29) is 11.1 Å². The van der Waals surface area contributed by atoms with Crippen molar-refractivity contribution >= 4 is 11.0 Å². The zero-order valence-corrected chi connectivity index (χ0v) is 10.1. The second-order valence-corrected chi connectivity index (χ2v) is 5.10. The van der Waals surface area contributed by atoms with Crippen LogP contribution in [0.4, 0.5) is 8.78 Å². The van der Waals surface area contributed by atoms with Crippen LogP contribution in [0.25, 0.3) is 11.0 Å². The van der Waals surface area contributed by atoms with Crippen molar-refractivity contribution in [2.45, 2.75) is 32.9 Å². The molecule has 0 amide bonds. The van der Waals surface area contributed by atoms with E-state index in [0.717, 1.165) is 6.07 Å². The van der Waals surface area contributed by atoms with E-state index in [9.17, 15) is 8.78 Å². The predicted molar refractivity (Wildman–Crippen MR) is 62.7 cm³/mol. The average Bonchev–Trinajstić information content (AvgIpc) is 2.64. The lowest BCUT2D eigenvalue weighted by Crippen LogP contribution is -2.34. The lowest BCUT2D eigenvalue weighted by atomic mass is 10.1. The number of hydrogen-bond acceptors (Lipinski definition) is 2. The Bertz CT molecular complexity index is 540. The zero-order chi connectivity index (χ0) is 12.6. The molecular formula is C13H15F2NO. The Balaban J connectivity index is 2.29. The number of hydrogen-bond donors (Lipinski definition) is 1. The van der Waals surface area contributed by atoms with Crippen LogP contribution < -0.4 is 5.32 Å². The predicted octanol–water partition coefficient (Wildman–Crippen LogP) is 3.60. The summed E-state index contributed by atoms with van der Waals surface area (Å²) in [5, 5.41) is 3.80. The van der Waals surface area contributed by atoms with Crippen LogP contribution in [0.15, 0.2) is 22.6 Å². The van der Waals surface area contributed by atoms with Gasteiger partial charge in [0.05, 0.1) is 6.54 Å². The molecule has 1 aromatic heterocycles. The van der Waals surface area contributed by atoms with E-state index in [1.54, 1.807) is 6.07 Å². The van der Waals surface area contributed by atoms with Gasteiger partial charge in [0.2, 0.25) is 5.82 Å². The summed E-state index contributed by atoms with van der Waals surface area (Å²) in [6, 6.07) is 4.34. The Hall–Kier alpha value is -1.42. The van der Waals surface area contributed by atoms with E-state index >= 15 is 0 Å². The topological polar surface area (TPSA) is 25.2 Å². The van der Waals surface area contributed by atoms with Crippen LogP contribution in [0.5, 0.6) is 0 Å². The Kier molecular flexibility index (Phi) is 2.91. The molecule has 0 saturated heterocycles. The summed E-state index contributed by atoms with van der Waals surface area (Å²) in [6.45, 7) is 6.56. The fourth-order valence-electron chi connectivity index (χ4n) is 1.54. The van der Waals surface area contributed by atoms with Gasteiger partial charge in [-0.3, -0.25) is 0 Å². The van der Waals surface area contributed by atoms with Crippen molar-refractivity contribution in [3.05, 3.63) is 35.6 Å². The fourth-order valence-corrected chi connectivity index (χ4v) is 1.54. The molecule has 1 heterocycles. The molecule has 0 aliphatic rings. The Labute approximate surface area is 98.6 Å². The smallest absolute Gasteiger partial charge is 0.201 e. The first-order valence-electron chi connectivity index (χ1n) is 5.48. The molecule has 0 saturated carbocycles. The molecule has 0 spiro atoms. The first-order chi connectivity index (χ1) is 7.87. The van der Waals surface area contributed by atoms with E-state index in [2.05, 4.69) is 5.32 Å². The van der Waals surface area contributed by atoms with Gasteiger partial charge < -0.3 is 9.73 Å². The van der Waals surface area contributed by atoms with E-state index in [1.165, 1.54) is 6.07 Å². The summed E-state index contributed by atoms with van der Waals surface area (Å²) < 4.78 is 31.7. The molecule has 92 valence electrons. The molecule has 0 aliphatic heterocycles. The van der Waals surface area contributed by atoms with E-state index in [0.29, 0.717) is 17.7 Å². The molecule has 2 nitrogen and oxygen atoms in total. The second-order valence-electron chi connectivity index (χ2n) is 5.10. The third-order valence-electron chi connectivity index (χ3n) is 2.42. The highest BCUT2D eigenvalue weighted by Gasteiger charge is 2.14. The highest BCUT2D eigenvalue weighted by atomic mass is 19.2. The molecule has 1 N–H and O–H groups in total. The van der Waals surface area contributed by atoms with Crippen molar-refractivity contribution in [3.63, 3.8) is 0 Å². The van der Waals surface area contributed by atoms with Gasteiger partial charge in [-0.1, -0.05) is 0 Å². The molecule has 0 fully saturated rings. The highest BCUT2D eigenvalue weighted by molar-refractivity contribution is 5.78. The van der Waals surface area contributed by atoms with Crippen molar-refractivity contribution in [3.8, 4) is 0 Å². The van der Waals surface area contributed by atoms with Gasteiger partial charge in [-0.25, -0.2) is 4.39 Å². The summed E-state index contributed by atoms with van der Waals surface area (Å²) in [4.78, 5) is 0. The molecule has 0 aliphatic carbocycles. The largest absolute Gasteiger partial charge is 0.457 e. The van der Waals surface area contributed by atoms with Crippen molar-refractivity contribution < 1.29 is 13.2 Å². The maximum absolute atomic E-state index is 13.4. The summed E-state index contributed by atoms with van der Waals surface area (Å²) in [5.74, 6) is -1.22. The minimum Gasteiger partial charge on any atom is -0.457 e. The highest BCUT2D eigenvalue weighted by Crippen LogP contribution is 2.24. The fraction of sp³-hybridized carbons (Fsp3) is 0.385. The standard InChI is InChI=1S/C13H15F2NO/c1-13(2,3)16-7-9-6-8-4-5-10(14)11(15)12(8)17-9/h4-6,16H,7H2,1-3H3. The molecule has 2 aromatic rings. The van der Waals surface area contributed by atoms with Gasteiger partial charge in [-0.05, 0) is 39.0 Å². The van der Waals surface area contributed by atoms with Gasteiger partial charge in [0.25, 0.3) is 0 Å². The molecule has 2 rings (SSSR count). The van der Waals surface area contributed by atoms with Crippen LogP contribution in [-0.2, 0) is 6.54 Å². The molecule has 0 radical (unpaired) electrons. The number of fused-ring (bicyclic) bond motifs is 1. The van der Waals surface area contributed by atoms with Gasteiger partial charge in [0, 0.05) is 10.9 Å². The maximum atomic E-state index is 13.4. The molecule has 0 bridgehead atoms. The van der Waals surface area contributed by atoms with Gasteiger partial charge in [-0.15, -0.1) is 0 Å². The SMILES string of the molecule is CC(C)(C)NCc1cc2ccc(F)c(F)c2o1. The molecular weight excluding hydrogens is 224 g/mol. The molecule has 0 atom stereocenters. The van der Waals surface area contributed by atoms with E-state index in [4.69, 9.17) is 4.42 Å². The Morgan fingerprint density at radius 3 is 2.59 bits per heavy atom. The van der Waals surface area contributed by atoms with Crippen LogP contribution in [-0.4, -0.2) is 5.54 Å². The Morgan fingerprint density at radius 2 is 1.94 bits per heavy atom. The lowest BCUT2D eigenvalue weighted by molar-refractivity contribution is 0.391. The molecule has 17 heavy (non-hydrogen) atoms. The summed E-state index contributed by atoms with van der Waals surface area (Å²) >= 11 is 0. The number of halogens is 2. The van der Waals surface area contributed by atoms with Crippen LogP contribution in [0.1, 0.15) is 26.5 Å². The van der Waals surface area contributed by atoms with Gasteiger partial charge in [0.15, 0.2) is 11.4 Å². The van der Waals surface area contributed by atoms with Crippen molar-refractivity contribution in [1.29, 1.82) is 0 Å². The quantitative estimate of drug-likeness (QED) is 0.866. The first kappa shape index (κ1) is 12.0. The normalized spacial score (nSPS) is 12.3. The molecule has 1 aromatic carbocycles. The van der Waals surface area contributed by atoms with Crippen molar-refractivity contribution in [1.82, 2.24) is 5.32 Å². The monoisotopic (exact) mass is 239 g/mol. The number of nitrogens with one attached hydrogen (secondary N) is 1. The minimum atomic E-state index is -0.926. The second kappa shape index (κ2) is 4.11. The van der Waals surface area contributed by atoms with E-state index < -0.39 is 11.6 Å². The summed E-state index contributed by atoms with van der Waals surface area (Å²) in [5.41, 5.74) is -0.0707. The number of rotatable bonds is 2. The Morgan fingerprint density at radius 1 is 1.24 bits per heavy atom. The van der Waals surface area contributed by atoms with Crippen LogP contribution in [0.3, 0.4) is 0 Å². The van der Waals surface area contributed by atoms with Crippen molar-refractivity contribution in [2.24, 2.45) is 0 Å².